The topological polar surface area (TPSA) is 52.6 Å². The predicted molar refractivity (Wildman–Crippen MR) is 68.8 cm³/mol. The van der Waals surface area contributed by atoms with Gasteiger partial charge in [-0.25, -0.2) is 8.78 Å². The molecule has 0 aliphatic rings. The number of likely N-dealkylation sites (N-methyl/N-ethyl adjacent to an activating group) is 1. The average Bonchev–Trinajstić information content (AvgIpc) is 2.26. The van der Waals surface area contributed by atoms with E-state index in [1.54, 1.807) is 11.9 Å². The molecule has 19 heavy (non-hydrogen) atoms. The number of benzene rings is 1. The van der Waals surface area contributed by atoms with Crippen molar-refractivity contribution in [1.29, 1.82) is 0 Å². The van der Waals surface area contributed by atoms with E-state index in [4.69, 9.17) is 0 Å². The van der Waals surface area contributed by atoms with Crippen LogP contribution in [0.15, 0.2) is 18.2 Å². The Kier molecular flexibility index (Phi) is 5.85. The second-order valence-electron chi connectivity index (χ2n) is 4.47. The molecule has 1 rings (SSSR count). The Hall–Kier alpha value is -1.53. The number of hydrogen-bond donors (Lipinski definition) is 2. The van der Waals surface area contributed by atoms with Crippen molar-refractivity contribution in [1.82, 2.24) is 4.90 Å². The number of amides is 1. The first-order valence-corrected chi connectivity index (χ1v) is 6.03. The number of hydrogen-bond acceptors (Lipinski definition) is 3. The van der Waals surface area contributed by atoms with E-state index in [-0.39, 0.29) is 12.2 Å². The molecule has 0 saturated carbocycles. The van der Waals surface area contributed by atoms with Crippen LogP contribution in [0.25, 0.3) is 0 Å². The second kappa shape index (κ2) is 7.16. The SMILES string of the molecule is CC[C@@H](O)CN(C)CC(=O)Nc1cc(F)cc(F)c1. The van der Waals surface area contributed by atoms with Crippen LogP contribution in [0.2, 0.25) is 0 Å². The molecule has 1 atom stereocenters. The summed E-state index contributed by atoms with van der Waals surface area (Å²) in [5, 5.41) is 11.8. The molecule has 0 aromatic heterocycles. The third-order valence-electron chi connectivity index (χ3n) is 2.55. The van der Waals surface area contributed by atoms with Crippen molar-refractivity contribution >= 4 is 11.6 Å². The Morgan fingerprint density at radius 2 is 1.95 bits per heavy atom. The van der Waals surface area contributed by atoms with Crippen LogP contribution in [0.5, 0.6) is 0 Å². The van der Waals surface area contributed by atoms with Crippen LogP contribution in [0, 0.1) is 11.6 Å². The summed E-state index contributed by atoms with van der Waals surface area (Å²) in [5.74, 6) is -1.88. The highest BCUT2D eigenvalue weighted by Gasteiger charge is 2.11. The van der Waals surface area contributed by atoms with E-state index >= 15 is 0 Å². The molecule has 1 amide bonds. The van der Waals surface area contributed by atoms with Gasteiger partial charge >= 0.3 is 0 Å². The fourth-order valence-corrected chi connectivity index (χ4v) is 1.63. The van der Waals surface area contributed by atoms with Crippen molar-refractivity contribution in [2.75, 3.05) is 25.5 Å². The van der Waals surface area contributed by atoms with Crippen LogP contribution >= 0.6 is 0 Å². The van der Waals surface area contributed by atoms with Crippen LogP contribution in [0.3, 0.4) is 0 Å². The highest BCUT2D eigenvalue weighted by molar-refractivity contribution is 5.92. The molecule has 0 bridgehead atoms. The van der Waals surface area contributed by atoms with Gasteiger partial charge in [0, 0.05) is 18.3 Å². The number of rotatable bonds is 6. The van der Waals surface area contributed by atoms with Gasteiger partial charge in [0.25, 0.3) is 0 Å². The number of carbonyl (C=O) groups excluding carboxylic acids is 1. The van der Waals surface area contributed by atoms with Crippen molar-refractivity contribution in [2.24, 2.45) is 0 Å². The monoisotopic (exact) mass is 272 g/mol. The lowest BCUT2D eigenvalue weighted by Crippen LogP contribution is -2.35. The van der Waals surface area contributed by atoms with Crippen LogP contribution in [-0.2, 0) is 4.79 Å². The van der Waals surface area contributed by atoms with Crippen LogP contribution in [-0.4, -0.2) is 42.2 Å². The lowest BCUT2D eigenvalue weighted by atomic mass is 10.2. The van der Waals surface area contributed by atoms with Gasteiger partial charge in [-0.1, -0.05) is 6.92 Å². The van der Waals surface area contributed by atoms with Crippen molar-refractivity contribution in [3.8, 4) is 0 Å². The molecule has 0 unspecified atom stereocenters. The Morgan fingerprint density at radius 3 is 2.47 bits per heavy atom. The molecule has 2 N–H and O–H groups in total. The minimum atomic E-state index is -0.745. The molecule has 0 aliphatic heterocycles. The van der Waals surface area contributed by atoms with E-state index in [0.29, 0.717) is 13.0 Å². The fraction of sp³-hybridized carbons (Fsp3) is 0.462. The van der Waals surface area contributed by atoms with Crippen molar-refractivity contribution < 1.29 is 18.7 Å². The summed E-state index contributed by atoms with van der Waals surface area (Å²) >= 11 is 0. The average molecular weight is 272 g/mol. The van der Waals surface area contributed by atoms with Gasteiger partial charge in [-0.05, 0) is 25.6 Å². The molecule has 6 heteroatoms. The maximum atomic E-state index is 12.9. The lowest BCUT2D eigenvalue weighted by Gasteiger charge is -2.19. The molecular weight excluding hydrogens is 254 g/mol. The summed E-state index contributed by atoms with van der Waals surface area (Å²) in [7, 11) is 1.69. The smallest absolute Gasteiger partial charge is 0.238 e. The highest BCUT2D eigenvalue weighted by Crippen LogP contribution is 2.12. The van der Waals surface area contributed by atoms with Gasteiger partial charge in [0.15, 0.2) is 0 Å². The maximum absolute atomic E-state index is 12.9. The standard InChI is InChI=1S/C13H18F2N2O2/c1-3-12(18)7-17(2)8-13(19)16-11-5-9(14)4-10(15)6-11/h4-6,12,18H,3,7-8H2,1-2H3,(H,16,19)/t12-/m1/s1. The van der Waals surface area contributed by atoms with E-state index in [1.165, 1.54) is 0 Å². The van der Waals surface area contributed by atoms with E-state index in [0.717, 1.165) is 18.2 Å². The minimum Gasteiger partial charge on any atom is -0.392 e. The predicted octanol–water partition coefficient (Wildman–Crippen LogP) is 1.61. The number of aliphatic hydroxyl groups is 1. The fourth-order valence-electron chi connectivity index (χ4n) is 1.63. The first kappa shape index (κ1) is 15.5. The van der Waals surface area contributed by atoms with Crippen LogP contribution in [0.4, 0.5) is 14.5 Å². The number of nitrogens with one attached hydrogen (secondary N) is 1. The number of carbonyl (C=O) groups is 1. The normalized spacial score (nSPS) is 12.5. The number of nitrogens with zero attached hydrogens (tertiary/aromatic N) is 1. The first-order chi connectivity index (χ1) is 8.90. The first-order valence-electron chi connectivity index (χ1n) is 6.03. The van der Waals surface area contributed by atoms with Gasteiger partial charge in [-0.2, -0.15) is 0 Å². The summed E-state index contributed by atoms with van der Waals surface area (Å²) < 4.78 is 25.8. The zero-order chi connectivity index (χ0) is 14.4. The third kappa shape index (κ3) is 5.76. The molecule has 1 aromatic carbocycles. The highest BCUT2D eigenvalue weighted by atomic mass is 19.1. The van der Waals surface area contributed by atoms with Crippen molar-refractivity contribution in [3.63, 3.8) is 0 Å². The molecule has 0 aliphatic carbocycles. The van der Waals surface area contributed by atoms with Crippen molar-refractivity contribution in [2.45, 2.75) is 19.4 Å². The van der Waals surface area contributed by atoms with E-state index in [1.807, 2.05) is 6.92 Å². The zero-order valence-electron chi connectivity index (χ0n) is 11.0. The zero-order valence-corrected chi connectivity index (χ0v) is 11.0. The largest absolute Gasteiger partial charge is 0.392 e. The third-order valence-corrected chi connectivity index (χ3v) is 2.55. The molecule has 0 fully saturated rings. The summed E-state index contributed by atoms with van der Waals surface area (Å²) in [4.78, 5) is 13.3. The molecule has 0 spiro atoms. The van der Waals surface area contributed by atoms with Crippen LogP contribution in [0.1, 0.15) is 13.3 Å². The van der Waals surface area contributed by atoms with E-state index < -0.39 is 23.6 Å². The molecule has 4 nitrogen and oxygen atoms in total. The summed E-state index contributed by atoms with van der Waals surface area (Å²) in [6.45, 7) is 2.24. The Bertz CT molecular complexity index is 420. The molecule has 0 radical (unpaired) electrons. The van der Waals surface area contributed by atoms with Crippen molar-refractivity contribution in [3.05, 3.63) is 29.8 Å². The molecular formula is C13H18F2N2O2. The van der Waals surface area contributed by atoms with Crippen LogP contribution < -0.4 is 5.32 Å². The second-order valence-corrected chi connectivity index (χ2v) is 4.47. The molecule has 1 aromatic rings. The summed E-state index contributed by atoms with van der Waals surface area (Å²) in [5.41, 5.74) is 0.0759. The Balaban J connectivity index is 2.50. The number of anilines is 1. The molecule has 0 heterocycles. The van der Waals surface area contributed by atoms with Gasteiger partial charge < -0.3 is 10.4 Å². The van der Waals surface area contributed by atoms with Gasteiger partial charge in [0.1, 0.15) is 11.6 Å². The van der Waals surface area contributed by atoms with E-state index in [2.05, 4.69) is 5.32 Å². The molecule has 106 valence electrons. The van der Waals surface area contributed by atoms with E-state index in [9.17, 15) is 18.7 Å². The number of halogens is 2. The Morgan fingerprint density at radius 1 is 1.37 bits per heavy atom. The quantitative estimate of drug-likeness (QED) is 0.827. The molecule has 0 saturated heterocycles. The summed E-state index contributed by atoms with van der Waals surface area (Å²) in [6.07, 6.45) is 0.102. The lowest BCUT2D eigenvalue weighted by molar-refractivity contribution is -0.117. The Labute approximate surface area is 111 Å². The summed E-state index contributed by atoms with van der Waals surface area (Å²) in [6, 6.07) is 2.82. The van der Waals surface area contributed by atoms with Gasteiger partial charge in [-0.15, -0.1) is 0 Å². The minimum absolute atomic E-state index is 0.0369. The maximum Gasteiger partial charge on any atom is 0.238 e. The van der Waals surface area contributed by atoms with Gasteiger partial charge in [0.05, 0.1) is 12.6 Å². The van der Waals surface area contributed by atoms with Gasteiger partial charge in [-0.3, -0.25) is 9.69 Å². The van der Waals surface area contributed by atoms with Gasteiger partial charge in [0.2, 0.25) is 5.91 Å². The number of aliphatic hydroxyl groups excluding tert-OH is 1.